The van der Waals surface area contributed by atoms with Crippen molar-refractivity contribution in [2.24, 2.45) is 5.73 Å². The number of carbonyl (C=O) groups is 1. The molecule has 1 fully saturated rings. The fourth-order valence-corrected chi connectivity index (χ4v) is 1.80. The zero-order chi connectivity index (χ0) is 10.8. The molecular weight excluding hydrogens is 192 g/mol. The van der Waals surface area contributed by atoms with E-state index >= 15 is 0 Å². The number of benzene rings is 1. The summed E-state index contributed by atoms with van der Waals surface area (Å²) in [5, 5.41) is 9.53. The van der Waals surface area contributed by atoms with Crippen LogP contribution < -0.4 is 5.73 Å². The monoisotopic (exact) mass is 206 g/mol. The van der Waals surface area contributed by atoms with Crippen LogP contribution in [0, 0.1) is 0 Å². The van der Waals surface area contributed by atoms with Crippen molar-refractivity contribution < 1.29 is 9.90 Å². The molecule has 4 heteroatoms. The van der Waals surface area contributed by atoms with Crippen molar-refractivity contribution in [1.82, 2.24) is 4.90 Å². The van der Waals surface area contributed by atoms with Crippen LogP contribution >= 0.6 is 0 Å². The minimum atomic E-state index is -0.138. The first kappa shape index (κ1) is 9.98. The molecule has 0 spiro atoms. The standard InChI is InChI=1S/C11H14N2O2/c12-8-5-6-13(7-8)11(15)9-3-1-2-4-10(9)14/h1-4,8,14H,5-7,12H2/t8-/m0/s1. The van der Waals surface area contributed by atoms with Crippen LogP contribution in [0.5, 0.6) is 5.75 Å². The molecule has 1 aliphatic rings. The molecule has 1 aromatic carbocycles. The molecule has 1 aliphatic heterocycles. The molecule has 1 saturated heterocycles. The number of para-hydroxylation sites is 1. The smallest absolute Gasteiger partial charge is 0.257 e. The number of phenolic OH excluding ortho intramolecular Hbond substituents is 1. The van der Waals surface area contributed by atoms with E-state index in [0.29, 0.717) is 18.7 Å². The van der Waals surface area contributed by atoms with Gasteiger partial charge >= 0.3 is 0 Å². The van der Waals surface area contributed by atoms with Crippen LogP contribution in [0.4, 0.5) is 0 Å². The van der Waals surface area contributed by atoms with E-state index in [4.69, 9.17) is 5.73 Å². The van der Waals surface area contributed by atoms with E-state index in [0.717, 1.165) is 6.42 Å². The molecule has 0 unspecified atom stereocenters. The molecular formula is C11H14N2O2. The first-order valence-electron chi connectivity index (χ1n) is 5.01. The topological polar surface area (TPSA) is 66.6 Å². The van der Waals surface area contributed by atoms with Gasteiger partial charge in [0.05, 0.1) is 5.56 Å². The minimum Gasteiger partial charge on any atom is -0.507 e. The Labute approximate surface area is 88.3 Å². The number of hydrogen-bond acceptors (Lipinski definition) is 3. The highest BCUT2D eigenvalue weighted by atomic mass is 16.3. The van der Waals surface area contributed by atoms with E-state index in [-0.39, 0.29) is 17.7 Å². The summed E-state index contributed by atoms with van der Waals surface area (Å²) in [5.74, 6) is -0.107. The van der Waals surface area contributed by atoms with Gasteiger partial charge in [0.25, 0.3) is 5.91 Å². The maximum atomic E-state index is 11.9. The molecule has 0 radical (unpaired) electrons. The third kappa shape index (κ3) is 1.94. The molecule has 1 heterocycles. The molecule has 1 atom stereocenters. The van der Waals surface area contributed by atoms with Crippen LogP contribution in [0.15, 0.2) is 24.3 Å². The second-order valence-electron chi connectivity index (χ2n) is 3.82. The Hall–Kier alpha value is -1.55. The SMILES string of the molecule is N[C@H]1CCN(C(=O)c2ccccc2O)C1. The van der Waals surface area contributed by atoms with Crippen LogP contribution in [0.1, 0.15) is 16.8 Å². The summed E-state index contributed by atoms with van der Waals surface area (Å²) < 4.78 is 0. The van der Waals surface area contributed by atoms with Gasteiger partial charge in [-0.05, 0) is 18.6 Å². The second kappa shape index (κ2) is 3.90. The van der Waals surface area contributed by atoms with Gasteiger partial charge in [0.2, 0.25) is 0 Å². The summed E-state index contributed by atoms with van der Waals surface area (Å²) in [4.78, 5) is 13.6. The quantitative estimate of drug-likeness (QED) is 0.705. The number of amides is 1. The number of hydrogen-bond donors (Lipinski definition) is 2. The van der Waals surface area contributed by atoms with Crippen molar-refractivity contribution in [2.75, 3.05) is 13.1 Å². The van der Waals surface area contributed by atoms with Gasteiger partial charge in [-0.1, -0.05) is 12.1 Å². The number of aromatic hydroxyl groups is 1. The number of nitrogens with zero attached hydrogens (tertiary/aromatic N) is 1. The highest BCUT2D eigenvalue weighted by Gasteiger charge is 2.25. The van der Waals surface area contributed by atoms with Gasteiger partial charge in [-0.15, -0.1) is 0 Å². The number of phenols is 1. The third-order valence-corrected chi connectivity index (χ3v) is 2.65. The van der Waals surface area contributed by atoms with Crippen molar-refractivity contribution in [3.05, 3.63) is 29.8 Å². The molecule has 4 nitrogen and oxygen atoms in total. The van der Waals surface area contributed by atoms with Gasteiger partial charge in [0.15, 0.2) is 0 Å². The van der Waals surface area contributed by atoms with E-state index in [1.807, 2.05) is 0 Å². The Balaban J connectivity index is 2.18. The van der Waals surface area contributed by atoms with Crippen molar-refractivity contribution in [1.29, 1.82) is 0 Å². The van der Waals surface area contributed by atoms with Crippen LogP contribution in [0.2, 0.25) is 0 Å². The van der Waals surface area contributed by atoms with Crippen molar-refractivity contribution in [3.8, 4) is 5.75 Å². The Morgan fingerprint density at radius 3 is 2.80 bits per heavy atom. The predicted molar refractivity (Wildman–Crippen MR) is 56.6 cm³/mol. The highest BCUT2D eigenvalue weighted by Crippen LogP contribution is 2.19. The predicted octanol–water partition coefficient (Wildman–Crippen LogP) is 0.565. The van der Waals surface area contributed by atoms with E-state index in [1.165, 1.54) is 6.07 Å². The van der Waals surface area contributed by atoms with Crippen molar-refractivity contribution >= 4 is 5.91 Å². The van der Waals surface area contributed by atoms with Crippen LogP contribution in [0.25, 0.3) is 0 Å². The summed E-state index contributed by atoms with van der Waals surface area (Å²) in [6, 6.07) is 6.65. The number of rotatable bonds is 1. The van der Waals surface area contributed by atoms with E-state index in [1.54, 1.807) is 23.1 Å². The Morgan fingerprint density at radius 2 is 2.20 bits per heavy atom. The number of nitrogens with two attached hydrogens (primary N) is 1. The lowest BCUT2D eigenvalue weighted by Crippen LogP contribution is -2.31. The largest absolute Gasteiger partial charge is 0.507 e. The molecule has 3 N–H and O–H groups in total. The first-order chi connectivity index (χ1) is 7.18. The second-order valence-corrected chi connectivity index (χ2v) is 3.82. The number of likely N-dealkylation sites (tertiary alicyclic amines) is 1. The van der Waals surface area contributed by atoms with E-state index in [9.17, 15) is 9.90 Å². The van der Waals surface area contributed by atoms with Gasteiger partial charge in [-0.25, -0.2) is 0 Å². The normalized spacial score (nSPS) is 20.6. The zero-order valence-electron chi connectivity index (χ0n) is 8.39. The maximum Gasteiger partial charge on any atom is 0.257 e. The van der Waals surface area contributed by atoms with Crippen LogP contribution in [-0.2, 0) is 0 Å². The highest BCUT2D eigenvalue weighted by molar-refractivity contribution is 5.96. The summed E-state index contributed by atoms with van der Waals surface area (Å²) in [7, 11) is 0. The van der Waals surface area contributed by atoms with Gasteiger partial charge in [-0.3, -0.25) is 4.79 Å². The zero-order valence-corrected chi connectivity index (χ0v) is 8.39. The third-order valence-electron chi connectivity index (χ3n) is 2.65. The van der Waals surface area contributed by atoms with Crippen molar-refractivity contribution in [2.45, 2.75) is 12.5 Å². The molecule has 80 valence electrons. The first-order valence-corrected chi connectivity index (χ1v) is 5.01. The Bertz CT molecular complexity index is 379. The minimum absolute atomic E-state index is 0.0305. The van der Waals surface area contributed by atoms with Gasteiger partial charge in [0.1, 0.15) is 5.75 Å². The molecule has 1 aromatic rings. The van der Waals surface area contributed by atoms with E-state index < -0.39 is 0 Å². The van der Waals surface area contributed by atoms with Gasteiger partial charge in [-0.2, -0.15) is 0 Å². The van der Waals surface area contributed by atoms with Gasteiger partial charge in [0, 0.05) is 19.1 Å². The average Bonchev–Trinajstić information content (AvgIpc) is 2.65. The molecule has 1 amide bonds. The molecule has 0 aromatic heterocycles. The Morgan fingerprint density at radius 1 is 1.47 bits per heavy atom. The molecule has 2 rings (SSSR count). The van der Waals surface area contributed by atoms with Gasteiger partial charge < -0.3 is 15.7 Å². The van der Waals surface area contributed by atoms with Crippen LogP contribution in [-0.4, -0.2) is 35.0 Å². The maximum absolute atomic E-state index is 11.9. The molecule has 0 bridgehead atoms. The summed E-state index contributed by atoms with van der Waals surface area (Å²) in [6.07, 6.45) is 0.833. The molecule has 15 heavy (non-hydrogen) atoms. The van der Waals surface area contributed by atoms with E-state index in [2.05, 4.69) is 0 Å². The van der Waals surface area contributed by atoms with Crippen LogP contribution in [0.3, 0.4) is 0 Å². The Kier molecular flexibility index (Phi) is 2.60. The lowest BCUT2D eigenvalue weighted by molar-refractivity contribution is 0.0788. The summed E-state index contributed by atoms with van der Waals surface area (Å²) in [6.45, 7) is 1.25. The molecule has 0 saturated carbocycles. The average molecular weight is 206 g/mol. The lowest BCUT2D eigenvalue weighted by Gasteiger charge is -2.16. The van der Waals surface area contributed by atoms with Crippen molar-refractivity contribution in [3.63, 3.8) is 0 Å². The fourth-order valence-electron chi connectivity index (χ4n) is 1.80. The summed E-state index contributed by atoms with van der Waals surface area (Å²) >= 11 is 0. The lowest BCUT2D eigenvalue weighted by atomic mass is 10.2. The molecule has 0 aliphatic carbocycles. The summed E-state index contributed by atoms with van der Waals surface area (Å²) in [5.41, 5.74) is 6.08. The fraction of sp³-hybridized carbons (Fsp3) is 0.364. The number of carbonyl (C=O) groups excluding carboxylic acids is 1.